The highest BCUT2D eigenvalue weighted by atomic mass is 19.1. The third-order valence-electron chi connectivity index (χ3n) is 13.6. The van der Waals surface area contributed by atoms with Gasteiger partial charge in [0.2, 0.25) is 23.6 Å². The second-order valence-electron chi connectivity index (χ2n) is 20.6. The molecule has 0 bridgehead atoms. The number of carbonyl (C=O) groups excluding carboxylic acids is 6. The van der Waals surface area contributed by atoms with Crippen molar-refractivity contribution in [2.24, 2.45) is 11.8 Å². The van der Waals surface area contributed by atoms with Crippen LogP contribution in [0.2, 0.25) is 0 Å². The van der Waals surface area contributed by atoms with Gasteiger partial charge in [-0.05, 0) is 123 Å². The summed E-state index contributed by atoms with van der Waals surface area (Å²) in [6, 6.07) is 0.245. The predicted molar refractivity (Wildman–Crippen MR) is 240 cm³/mol. The van der Waals surface area contributed by atoms with E-state index >= 15 is 9.59 Å². The molecule has 4 fully saturated rings. The number of benzene rings is 1. The monoisotopic (exact) mass is 894 g/mol. The van der Waals surface area contributed by atoms with E-state index < -0.39 is 77.1 Å². The minimum atomic E-state index is -0.929. The molecule has 2 saturated heterocycles. The normalized spacial score (nSPS) is 22.9. The van der Waals surface area contributed by atoms with E-state index in [2.05, 4.69) is 20.9 Å². The molecule has 354 valence electrons. The molecule has 1 aromatic carbocycles. The number of ether oxygens (including phenoxy) is 2. The predicted octanol–water partition coefficient (Wildman–Crippen LogP) is 5.91. The average Bonchev–Trinajstić information content (AvgIpc) is 3.96. The number of amides is 5. The molecule has 3 heterocycles. The molecule has 6 rings (SSSR count). The molecule has 4 N–H and O–H groups in total. The van der Waals surface area contributed by atoms with Crippen molar-refractivity contribution >= 4 is 46.6 Å². The van der Waals surface area contributed by atoms with Crippen molar-refractivity contribution in [2.75, 3.05) is 26.7 Å². The highest BCUT2D eigenvalue weighted by molar-refractivity contribution is 5.93. The average molecular weight is 894 g/mol. The zero-order chi connectivity index (χ0) is 46.7. The molecule has 2 saturated carbocycles. The SMILES string of the molecule is CC(NCC(=O)OC(C)(C)C)C(=O)NC(C(=O)N1CC(c2c[nH]c3cc(F)ccc23)C2C1CCN2C(=O)C(NC(=O)C(C)N(C)C(=O)OC(C)(C)C)C1CCCCC1)C1CCCCC1. The van der Waals surface area contributed by atoms with Crippen molar-refractivity contribution < 1.29 is 42.6 Å². The molecule has 7 atom stereocenters. The fourth-order valence-electron chi connectivity index (χ4n) is 10.3. The Bertz CT molecular complexity index is 2020. The van der Waals surface area contributed by atoms with Crippen LogP contribution in [0.4, 0.5) is 9.18 Å². The summed E-state index contributed by atoms with van der Waals surface area (Å²) in [6.07, 6.45) is 10.5. The summed E-state index contributed by atoms with van der Waals surface area (Å²) < 4.78 is 25.4. The van der Waals surface area contributed by atoms with Gasteiger partial charge in [-0.25, -0.2) is 9.18 Å². The highest BCUT2D eigenvalue weighted by Crippen LogP contribution is 2.45. The number of carbonyl (C=O) groups is 6. The van der Waals surface area contributed by atoms with E-state index in [1.165, 1.54) is 24.1 Å². The van der Waals surface area contributed by atoms with Crippen LogP contribution in [-0.4, -0.2) is 130 Å². The first kappa shape index (κ1) is 48.7. The summed E-state index contributed by atoms with van der Waals surface area (Å²) in [5, 5.41) is 9.94. The molecule has 2 aliphatic carbocycles. The van der Waals surface area contributed by atoms with Crippen LogP contribution in [0.15, 0.2) is 24.4 Å². The Balaban J connectivity index is 1.30. The summed E-state index contributed by atoms with van der Waals surface area (Å²) >= 11 is 0. The molecule has 7 unspecified atom stereocenters. The molecule has 64 heavy (non-hydrogen) atoms. The van der Waals surface area contributed by atoms with Crippen LogP contribution in [0.3, 0.4) is 0 Å². The highest BCUT2D eigenvalue weighted by Gasteiger charge is 2.55. The van der Waals surface area contributed by atoms with Gasteiger partial charge in [-0.15, -0.1) is 0 Å². The zero-order valence-corrected chi connectivity index (χ0v) is 39.4. The number of hydrogen-bond donors (Lipinski definition) is 4. The smallest absolute Gasteiger partial charge is 0.410 e. The maximum atomic E-state index is 15.3. The lowest BCUT2D eigenvalue weighted by Gasteiger charge is -2.37. The Kier molecular flexibility index (Phi) is 15.4. The quantitative estimate of drug-likeness (QED) is 0.178. The second-order valence-corrected chi connectivity index (χ2v) is 20.6. The van der Waals surface area contributed by atoms with Crippen molar-refractivity contribution in [1.82, 2.24) is 35.6 Å². The molecule has 4 aliphatic rings. The minimum absolute atomic E-state index is 0.109. The lowest BCUT2D eigenvalue weighted by Crippen LogP contribution is -2.58. The molecule has 15 nitrogen and oxygen atoms in total. The molecule has 2 aromatic rings. The Hall–Kier alpha value is -4.73. The fraction of sp³-hybridized carbons (Fsp3) is 0.708. The third kappa shape index (κ3) is 11.6. The molecular weight excluding hydrogens is 822 g/mol. The Morgan fingerprint density at radius 2 is 1.36 bits per heavy atom. The van der Waals surface area contributed by atoms with E-state index in [1.54, 1.807) is 61.5 Å². The van der Waals surface area contributed by atoms with E-state index in [1.807, 2.05) is 16.0 Å². The van der Waals surface area contributed by atoms with Crippen molar-refractivity contribution in [3.05, 3.63) is 35.8 Å². The summed E-state index contributed by atoms with van der Waals surface area (Å²) in [5.41, 5.74) is 0.00878. The van der Waals surface area contributed by atoms with Crippen LogP contribution in [0.5, 0.6) is 0 Å². The maximum Gasteiger partial charge on any atom is 0.410 e. The molecule has 5 amide bonds. The van der Waals surface area contributed by atoms with Crippen molar-refractivity contribution in [1.29, 1.82) is 0 Å². The lowest BCUT2D eigenvalue weighted by molar-refractivity contribution is -0.154. The Morgan fingerprint density at radius 3 is 1.94 bits per heavy atom. The van der Waals surface area contributed by atoms with Gasteiger partial charge in [0.25, 0.3) is 0 Å². The topological polar surface area (TPSA) is 182 Å². The molecule has 16 heteroatoms. The zero-order valence-electron chi connectivity index (χ0n) is 39.4. The van der Waals surface area contributed by atoms with E-state index in [0.29, 0.717) is 18.5 Å². The maximum absolute atomic E-state index is 15.3. The number of aromatic nitrogens is 1. The number of nitrogens with zero attached hydrogens (tertiary/aromatic N) is 3. The number of fused-ring (bicyclic) bond motifs is 2. The van der Waals surface area contributed by atoms with Crippen LogP contribution in [0, 0.1) is 17.7 Å². The Morgan fingerprint density at radius 1 is 0.797 bits per heavy atom. The number of aromatic amines is 1. The van der Waals surface area contributed by atoms with Gasteiger partial charge in [-0.3, -0.25) is 34.2 Å². The third-order valence-corrected chi connectivity index (χ3v) is 13.6. The van der Waals surface area contributed by atoms with Gasteiger partial charge in [0.05, 0.1) is 24.7 Å². The summed E-state index contributed by atoms with van der Waals surface area (Å²) in [7, 11) is 1.51. The van der Waals surface area contributed by atoms with Gasteiger partial charge in [-0.2, -0.15) is 0 Å². The molecular formula is C48H72FN7O8. The van der Waals surface area contributed by atoms with Crippen LogP contribution in [0.1, 0.15) is 138 Å². The van der Waals surface area contributed by atoms with Crippen molar-refractivity contribution in [3.8, 4) is 0 Å². The first-order chi connectivity index (χ1) is 30.1. The number of esters is 1. The summed E-state index contributed by atoms with van der Waals surface area (Å²) in [4.78, 5) is 92.0. The number of likely N-dealkylation sites (N-methyl/N-ethyl adjacent to an activating group) is 1. The Labute approximate surface area is 377 Å². The number of rotatable bonds is 13. The first-order valence-electron chi connectivity index (χ1n) is 23.5. The lowest BCUT2D eigenvalue weighted by atomic mass is 9.82. The van der Waals surface area contributed by atoms with Gasteiger partial charge >= 0.3 is 12.1 Å². The molecule has 0 spiro atoms. The number of nitrogens with one attached hydrogen (secondary N) is 4. The van der Waals surface area contributed by atoms with Crippen LogP contribution >= 0.6 is 0 Å². The molecule has 2 aliphatic heterocycles. The molecule has 1 aromatic heterocycles. The molecule has 0 radical (unpaired) electrons. The number of halogens is 1. The van der Waals surface area contributed by atoms with E-state index in [-0.39, 0.29) is 42.7 Å². The van der Waals surface area contributed by atoms with E-state index in [9.17, 15) is 23.6 Å². The number of hydrogen-bond acceptors (Lipinski definition) is 9. The second kappa shape index (κ2) is 20.2. The van der Waals surface area contributed by atoms with Crippen molar-refractivity contribution in [3.63, 3.8) is 0 Å². The number of H-pyrrole nitrogens is 1. The van der Waals surface area contributed by atoms with Gasteiger partial charge < -0.3 is 34.9 Å². The van der Waals surface area contributed by atoms with Gasteiger partial charge in [0.1, 0.15) is 35.1 Å². The standard InChI is InChI=1S/C48H72FN7O8/c1-28(50-26-38(57)63-47(3,4)5)42(58)52-40(31-18-14-11-15-19-31)45(61)56-27-35(34-25-51-36-24-32(49)20-21-33(34)36)41-37(56)22-23-55(41)44(60)39(30-16-12-10-13-17-30)53-43(59)29(2)54(9)46(62)64-48(6,7)8/h20-21,24-25,28-31,35,37,39-41,50-51H,10-19,22-23,26-27H2,1-9H3,(H,52,58)(H,53,59). The van der Waals surface area contributed by atoms with Gasteiger partial charge in [-0.1, -0.05) is 38.5 Å². The fourth-order valence-corrected chi connectivity index (χ4v) is 10.3. The van der Waals surface area contributed by atoms with Crippen LogP contribution < -0.4 is 16.0 Å². The van der Waals surface area contributed by atoms with E-state index in [0.717, 1.165) is 75.2 Å². The largest absolute Gasteiger partial charge is 0.459 e. The van der Waals surface area contributed by atoms with E-state index in [4.69, 9.17) is 9.47 Å². The summed E-state index contributed by atoms with van der Waals surface area (Å²) in [6.45, 7) is 14.3. The van der Waals surface area contributed by atoms with Crippen LogP contribution in [0.25, 0.3) is 10.9 Å². The summed E-state index contributed by atoms with van der Waals surface area (Å²) in [5.74, 6) is -2.81. The first-order valence-corrected chi connectivity index (χ1v) is 23.5. The van der Waals surface area contributed by atoms with Gasteiger partial charge in [0.15, 0.2) is 0 Å². The van der Waals surface area contributed by atoms with Crippen molar-refractivity contribution in [2.45, 2.75) is 179 Å². The number of likely N-dealkylation sites (tertiary alicyclic amines) is 2. The van der Waals surface area contributed by atoms with Gasteiger partial charge in [0, 0.05) is 43.2 Å². The van der Waals surface area contributed by atoms with Crippen LogP contribution in [-0.2, 0) is 33.4 Å². The minimum Gasteiger partial charge on any atom is -0.459 e.